The highest BCUT2D eigenvalue weighted by molar-refractivity contribution is 7.99. The molecule has 0 atom stereocenters. The molecule has 0 amide bonds. The van der Waals surface area contributed by atoms with E-state index in [1.807, 2.05) is 4.90 Å². The quantitative estimate of drug-likeness (QED) is 0.353. The number of hydrogen-bond donors (Lipinski definition) is 1. The lowest BCUT2D eigenvalue weighted by Gasteiger charge is -2.39. The van der Waals surface area contributed by atoms with Crippen LogP contribution in [0.1, 0.15) is 13.8 Å². The standard InChI is InChI=1S/C13H23N3O2S2/c1-5-8-19-9-6-15-12(14-4)16-7-10-20(17,18)13(2,3)11-16/h1H,6-11H2,2-4H3,(H,14,15). The molecule has 1 rings (SSSR count). The van der Waals surface area contributed by atoms with Gasteiger partial charge in [0.1, 0.15) is 0 Å². The van der Waals surface area contributed by atoms with Gasteiger partial charge in [0.15, 0.2) is 15.8 Å². The van der Waals surface area contributed by atoms with E-state index in [0.29, 0.717) is 18.8 Å². The second kappa shape index (κ2) is 7.23. The Labute approximate surface area is 126 Å². The lowest BCUT2D eigenvalue weighted by Crippen LogP contribution is -2.57. The van der Waals surface area contributed by atoms with Gasteiger partial charge in [0.25, 0.3) is 0 Å². The third-order valence-electron chi connectivity index (χ3n) is 3.27. The molecule has 0 saturated carbocycles. The topological polar surface area (TPSA) is 61.8 Å². The van der Waals surface area contributed by atoms with Gasteiger partial charge in [-0.3, -0.25) is 4.99 Å². The molecule has 1 heterocycles. The van der Waals surface area contributed by atoms with E-state index in [0.717, 1.165) is 18.3 Å². The van der Waals surface area contributed by atoms with E-state index in [2.05, 4.69) is 16.2 Å². The van der Waals surface area contributed by atoms with Crippen LogP contribution in [-0.2, 0) is 9.84 Å². The van der Waals surface area contributed by atoms with Gasteiger partial charge in [0.2, 0.25) is 0 Å². The monoisotopic (exact) mass is 317 g/mol. The van der Waals surface area contributed by atoms with Crippen molar-refractivity contribution in [3.63, 3.8) is 0 Å². The van der Waals surface area contributed by atoms with Gasteiger partial charge in [-0.2, -0.15) is 0 Å². The Morgan fingerprint density at radius 2 is 2.25 bits per heavy atom. The molecule has 20 heavy (non-hydrogen) atoms. The van der Waals surface area contributed by atoms with Crippen molar-refractivity contribution in [3.8, 4) is 12.3 Å². The van der Waals surface area contributed by atoms with Crippen LogP contribution in [-0.4, -0.2) is 68.0 Å². The summed E-state index contributed by atoms with van der Waals surface area (Å²) >= 11 is 1.68. The van der Waals surface area contributed by atoms with Gasteiger partial charge in [0, 0.05) is 32.4 Å². The average molecular weight is 317 g/mol. The first-order valence-electron chi connectivity index (χ1n) is 6.53. The summed E-state index contributed by atoms with van der Waals surface area (Å²) in [6.45, 7) is 5.26. The van der Waals surface area contributed by atoms with Crippen LogP contribution in [0.4, 0.5) is 0 Å². The third kappa shape index (κ3) is 4.32. The van der Waals surface area contributed by atoms with Gasteiger partial charge in [-0.05, 0) is 13.8 Å². The molecule has 0 aromatic heterocycles. The predicted molar refractivity (Wildman–Crippen MR) is 87.0 cm³/mol. The molecule has 0 unspecified atom stereocenters. The van der Waals surface area contributed by atoms with Crippen molar-refractivity contribution in [2.75, 3.05) is 43.9 Å². The molecular formula is C13H23N3O2S2. The van der Waals surface area contributed by atoms with Crippen molar-refractivity contribution in [3.05, 3.63) is 0 Å². The Morgan fingerprint density at radius 1 is 1.55 bits per heavy atom. The van der Waals surface area contributed by atoms with Crippen molar-refractivity contribution in [2.45, 2.75) is 18.6 Å². The maximum Gasteiger partial charge on any atom is 0.193 e. The fourth-order valence-electron chi connectivity index (χ4n) is 2.02. The molecule has 0 spiro atoms. The highest BCUT2D eigenvalue weighted by Crippen LogP contribution is 2.23. The molecule has 114 valence electrons. The van der Waals surface area contributed by atoms with E-state index in [-0.39, 0.29) is 5.75 Å². The van der Waals surface area contributed by atoms with Gasteiger partial charge in [0.05, 0.1) is 16.3 Å². The average Bonchev–Trinajstić information content (AvgIpc) is 2.37. The zero-order chi connectivity index (χ0) is 15.2. The summed E-state index contributed by atoms with van der Waals surface area (Å²) in [6, 6.07) is 0. The highest BCUT2D eigenvalue weighted by Gasteiger charge is 2.40. The Hall–Kier alpha value is -0.870. The van der Waals surface area contributed by atoms with Crippen molar-refractivity contribution in [1.82, 2.24) is 10.2 Å². The van der Waals surface area contributed by atoms with Crippen LogP contribution in [0.5, 0.6) is 0 Å². The maximum atomic E-state index is 12.0. The van der Waals surface area contributed by atoms with E-state index in [9.17, 15) is 8.42 Å². The van der Waals surface area contributed by atoms with E-state index >= 15 is 0 Å². The second-order valence-electron chi connectivity index (χ2n) is 5.23. The summed E-state index contributed by atoms with van der Waals surface area (Å²) in [6.07, 6.45) is 5.19. The fourth-order valence-corrected chi connectivity index (χ4v) is 3.90. The molecule has 5 nitrogen and oxygen atoms in total. The minimum Gasteiger partial charge on any atom is -0.355 e. The van der Waals surface area contributed by atoms with Crippen LogP contribution < -0.4 is 5.32 Å². The first kappa shape index (κ1) is 17.2. The van der Waals surface area contributed by atoms with Gasteiger partial charge in [-0.15, -0.1) is 18.2 Å². The molecule has 0 aromatic carbocycles. The summed E-state index contributed by atoms with van der Waals surface area (Å²) in [5, 5.41) is 3.25. The lowest BCUT2D eigenvalue weighted by atomic mass is 10.2. The van der Waals surface area contributed by atoms with Gasteiger partial charge in [-0.25, -0.2) is 8.42 Å². The van der Waals surface area contributed by atoms with Crippen molar-refractivity contribution in [1.29, 1.82) is 0 Å². The van der Waals surface area contributed by atoms with E-state index in [1.165, 1.54) is 0 Å². The highest BCUT2D eigenvalue weighted by atomic mass is 32.2. The predicted octanol–water partition coefficient (Wildman–Crippen LogP) is 0.437. The largest absolute Gasteiger partial charge is 0.355 e. The number of nitrogens with zero attached hydrogens (tertiary/aromatic N) is 2. The molecule has 7 heteroatoms. The number of nitrogens with one attached hydrogen (secondary N) is 1. The fraction of sp³-hybridized carbons (Fsp3) is 0.769. The van der Waals surface area contributed by atoms with Gasteiger partial charge < -0.3 is 10.2 Å². The van der Waals surface area contributed by atoms with Crippen LogP contribution in [0.25, 0.3) is 0 Å². The molecular weight excluding hydrogens is 294 g/mol. The van der Waals surface area contributed by atoms with Gasteiger partial charge >= 0.3 is 0 Å². The summed E-state index contributed by atoms with van der Waals surface area (Å²) < 4.78 is 23.2. The van der Waals surface area contributed by atoms with E-state index in [1.54, 1.807) is 32.7 Å². The lowest BCUT2D eigenvalue weighted by molar-refractivity contribution is 0.354. The number of sulfone groups is 1. The second-order valence-corrected chi connectivity index (χ2v) is 9.08. The van der Waals surface area contributed by atoms with Crippen molar-refractivity contribution in [2.24, 2.45) is 4.99 Å². The summed E-state index contributed by atoms with van der Waals surface area (Å²) in [4.78, 5) is 6.24. The Balaban J connectivity index is 2.54. The summed E-state index contributed by atoms with van der Waals surface area (Å²) in [7, 11) is -1.30. The maximum absolute atomic E-state index is 12.0. The molecule has 1 aliphatic rings. The molecule has 0 aromatic rings. The van der Waals surface area contributed by atoms with Crippen LogP contribution in [0, 0.1) is 12.3 Å². The smallest absolute Gasteiger partial charge is 0.193 e. The normalized spacial score (nSPS) is 21.3. The molecule has 0 bridgehead atoms. The van der Waals surface area contributed by atoms with Crippen molar-refractivity contribution < 1.29 is 8.42 Å². The summed E-state index contributed by atoms with van der Waals surface area (Å²) in [5.41, 5.74) is 0. The Kier molecular flexibility index (Phi) is 6.21. The Bertz CT molecular complexity index is 492. The van der Waals surface area contributed by atoms with Crippen LogP contribution >= 0.6 is 11.8 Å². The molecule has 1 N–H and O–H groups in total. The zero-order valence-electron chi connectivity index (χ0n) is 12.3. The first-order valence-corrected chi connectivity index (χ1v) is 9.34. The van der Waals surface area contributed by atoms with Crippen LogP contribution in [0.15, 0.2) is 4.99 Å². The third-order valence-corrected chi connectivity index (χ3v) is 6.67. The van der Waals surface area contributed by atoms with E-state index < -0.39 is 14.6 Å². The number of aliphatic imine (C=N–C) groups is 1. The SMILES string of the molecule is C#CCSCCNC(=NC)N1CCS(=O)(=O)C(C)(C)C1. The van der Waals surface area contributed by atoms with Crippen LogP contribution in [0.2, 0.25) is 0 Å². The minimum atomic E-state index is -3.02. The number of rotatable bonds is 4. The number of terminal acetylenes is 1. The Morgan fingerprint density at radius 3 is 2.80 bits per heavy atom. The summed E-state index contributed by atoms with van der Waals surface area (Å²) in [5.74, 6) is 5.12. The first-order chi connectivity index (χ1) is 9.34. The van der Waals surface area contributed by atoms with Crippen LogP contribution in [0.3, 0.4) is 0 Å². The minimum absolute atomic E-state index is 0.173. The zero-order valence-corrected chi connectivity index (χ0v) is 14.0. The number of hydrogen-bond acceptors (Lipinski definition) is 4. The molecule has 0 aliphatic carbocycles. The molecule has 1 fully saturated rings. The number of guanidine groups is 1. The molecule has 1 aliphatic heterocycles. The van der Waals surface area contributed by atoms with Crippen molar-refractivity contribution >= 4 is 27.6 Å². The number of thioether (sulfide) groups is 1. The van der Waals surface area contributed by atoms with E-state index in [4.69, 9.17) is 6.42 Å². The molecule has 0 radical (unpaired) electrons. The van der Waals surface area contributed by atoms with Gasteiger partial charge in [-0.1, -0.05) is 5.92 Å². The molecule has 1 saturated heterocycles.